The zero-order valence-corrected chi connectivity index (χ0v) is 13.0. The van der Waals surface area contributed by atoms with Crippen LogP contribution in [-0.4, -0.2) is 17.5 Å². The smallest absolute Gasteiger partial charge is 0.221 e. The van der Waals surface area contributed by atoms with Gasteiger partial charge in [-0.15, -0.1) is 0 Å². The molecule has 1 aliphatic carbocycles. The number of Topliss-reactive ketones (excluding diaryl/α,β-unsaturated/α-hetero) is 2. The molecule has 0 saturated heterocycles. The topological polar surface area (TPSA) is 63.2 Å². The molecule has 2 aromatic rings. The molecule has 0 radical (unpaired) electrons. The average molecular weight is 326 g/mol. The van der Waals surface area contributed by atoms with Gasteiger partial charge in [-0.3, -0.25) is 14.4 Å². The van der Waals surface area contributed by atoms with Crippen LogP contribution in [0.3, 0.4) is 0 Å². The summed E-state index contributed by atoms with van der Waals surface area (Å²) in [4.78, 5) is 37.0. The molecule has 1 aliphatic rings. The Hall–Kier alpha value is -2.72. The van der Waals surface area contributed by atoms with Gasteiger partial charge >= 0.3 is 0 Å². The predicted molar refractivity (Wildman–Crippen MR) is 87.3 cm³/mol. The van der Waals surface area contributed by atoms with Gasteiger partial charge in [0.15, 0.2) is 5.78 Å². The third kappa shape index (κ3) is 2.69. The van der Waals surface area contributed by atoms with Crippen LogP contribution in [0.25, 0.3) is 5.57 Å². The van der Waals surface area contributed by atoms with Crippen molar-refractivity contribution < 1.29 is 14.4 Å². The van der Waals surface area contributed by atoms with E-state index in [-0.39, 0.29) is 22.8 Å². The summed E-state index contributed by atoms with van der Waals surface area (Å²) in [5.41, 5.74) is 1.34. The van der Waals surface area contributed by atoms with E-state index < -0.39 is 5.91 Å². The first-order chi connectivity index (χ1) is 11.0. The molecule has 5 heteroatoms. The Labute approximate surface area is 137 Å². The second-order valence-corrected chi connectivity index (χ2v) is 5.58. The largest absolute Gasteiger partial charge is 0.322 e. The Balaban J connectivity index is 2.25. The van der Waals surface area contributed by atoms with Crippen molar-refractivity contribution in [2.45, 2.75) is 6.92 Å². The highest BCUT2D eigenvalue weighted by atomic mass is 35.5. The molecule has 0 aliphatic heterocycles. The lowest BCUT2D eigenvalue weighted by molar-refractivity contribution is -0.118. The van der Waals surface area contributed by atoms with Crippen LogP contribution in [0.2, 0.25) is 5.02 Å². The first kappa shape index (κ1) is 15.2. The Morgan fingerprint density at radius 3 is 2.04 bits per heavy atom. The first-order valence-electron chi connectivity index (χ1n) is 6.95. The minimum atomic E-state index is -0.410. The van der Waals surface area contributed by atoms with Gasteiger partial charge in [0, 0.05) is 23.1 Å². The monoisotopic (exact) mass is 325 g/mol. The number of rotatable bonds is 2. The van der Waals surface area contributed by atoms with Gasteiger partial charge in [0.1, 0.15) is 5.70 Å². The lowest BCUT2D eigenvalue weighted by atomic mass is 9.84. The molecule has 114 valence electrons. The highest BCUT2D eigenvalue weighted by molar-refractivity contribution is 6.41. The maximum absolute atomic E-state index is 12.8. The van der Waals surface area contributed by atoms with Crippen molar-refractivity contribution in [2.75, 3.05) is 0 Å². The van der Waals surface area contributed by atoms with Crippen LogP contribution in [0, 0.1) is 0 Å². The van der Waals surface area contributed by atoms with Gasteiger partial charge in [0.05, 0.1) is 5.57 Å². The number of hydrogen-bond donors (Lipinski definition) is 1. The molecule has 1 N–H and O–H groups in total. The zero-order chi connectivity index (χ0) is 16.6. The van der Waals surface area contributed by atoms with Gasteiger partial charge in [-0.1, -0.05) is 48.0 Å². The Morgan fingerprint density at radius 2 is 1.48 bits per heavy atom. The summed E-state index contributed by atoms with van der Waals surface area (Å²) in [6, 6.07) is 13.1. The summed E-state index contributed by atoms with van der Waals surface area (Å²) in [5.74, 6) is -1.08. The molecule has 0 saturated carbocycles. The van der Waals surface area contributed by atoms with Gasteiger partial charge in [0.2, 0.25) is 11.7 Å². The van der Waals surface area contributed by atoms with Crippen LogP contribution in [-0.2, 0) is 4.79 Å². The van der Waals surface area contributed by atoms with Crippen LogP contribution < -0.4 is 5.32 Å². The van der Waals surface area contributed by atoms with E-state index in [0.29, 0.717) is 21.7 Å². The molecule has 0 atom stereocenters. The zero-order valence-electron chi connectivity index (χ0n) is 12.2. The van der Waals surface area contributed by atoms with Crippen molar-refractivity contribution in [3.05, 3.63) is 75.9 Å². The van der Waals surface area contributed by atoms with E-state index in [1.165, 1.54) is 6.92 Å². The maximum Gasteiger partial charge on any atom is 0.221 e. The van der Waals surface area contributed by atoms with Crippen molar-refractivity contribution in [2.24, 2.45) is 0 Å². The van der Waals surface area contributed by atoms with Gasteiger partial charge in [-0.05, 0) is 17.7 Å². The second kappa shape index (κ2) is 5.82. The quantitative estimate of drug-likeness (QED) is 0.921. The number of benzene rings is 2. The predicted octanol–water partition coefficient (Wildman–Crippen LogP) is 3.27. The van der Waals surface area contributed by atoms with E-state index in [4.69, 9.17) is 11.6 Å². The molecule has 3 rings (SSSR count). The van der Waals surface area contributed by atoms with Gasteiger partial charge in [-0.2, -0.15) is 0 Å². The number of hydrogen-bond acceptors (Lipinski definition) is 3. The lowest BCUT2D eigenvalue weighted by Crippen LogP contribution is -2.32. The Morgan fingerprint density at radius 1 is 0.913 bits per heavy atom. The van der Waals surface area contributed by atoms with E-state index in [1.807, 2.05) is 0 Å². The highest BCUT2D eigenvalue weighted by Gasteiger charge is 2.33. The Kier molecular flexibility index (Phi) is 3.84. The minimum absolute atomic E-state index is 0.00326. The van der Waals surface area contributed by atoms with E-state index in [0.717, 1.165) is 0 Å². The minimum Gasteiger partial charge on any atom is -0.322 e. The second-order valence-electron chi connectivity index (χ2n) is 5.14. The molecule has 2 aromatic carbocycles. The normalized spacial score (nSPS) is 13.8. The summed E-state index contributed by atoms with van der Waals surface area (Å²) >= 11 is 5.88. The molecule has 4 nitrogen and oxygen atoms in total. The number of fused-ring (bicyclic) bond motifs is 1. The van der Waals surface area contributed by atoms with Crippen LogP contribution in [0.15, 0.2) is 54.2 Å². The fourth-order valence-corrected chi connectivity index (χ4v) is 2.69. The number of nitrogens with one attached hydrogen (secondary N) is 1. The summed E-state index contributed by atoms with van der Waals surface area (Å²) in [7, 11) is 0. The summed E-state index contributed by atoms with van der Waals surface area (Å²) in [5, 5.41) is 3.02. The fraction of sp³-hybridized carbons (Fsp3) is 0.0556. The standard InChI is InChI=1S/C18H12ClNO3/c1-10(21)20-16-15(11-6-8-12(19)9-7-11)17(22)13-4-2-3-5-14(13)18(16)23/h2-9H,1H3,(H,20,21). The van der Waals surface area contributed by atoms with Gasteiger partial charge in [0.25, 0.3) is 0 Å². The van der Waals surface area contributed by atoms with Gasteiger partial charge in [-0.25, -0.2) is 0 Å². The Bertz CT molecular complexity index is 866. The highest BCUT2D eigenvalue weighted by Crippen LogP contribution is 2.31. The molecular formula is C18H12ClNO3. The summed E-state index contributed by atoms with van der Waals surface area (Å²) < 4.78 is 0. The van der Waals surface area contributed by atoms with Crippen molar-refractivity contribution in [1.82, 2.24) is 5.32 Å². The molecular weight excluding hydrogens is 314 g/mol. The average Bonchev–Trinajstić information content (AvgIpc) is 2.54. The number of amides is 1. The molecule has 1 amide bonds. The van der Waals surface area contributed by atoms with Crippen molar-refractivity contribution in [3.63, 3.8) is 0 Å². The van der Waals surface area contributed by atoms with Crippen LogP contribution in [0.4, 0.5) is 0 Å². The molecule has 0 bridgehead atoms. The van der Waals surface area contributed by atoms with E-state index in [9.17, 15) is 14.4 Å². The summed E-state index contributed by atoms with van der Waals surface area (Å²) in [6.45, 7) is 1.30. The van der Waals surface area contributed by atoms with Crippen molar-refractivity contribution in [1.29, 1.82) is 0 Å². The third-order valence-electron chi connectivity index (χ3n) is 3.55. The summed E-state index contributed by atoms with van der Waals surface area (Å²) in [6.07, 6.45) is 0. The molecule has 0 fully saturated rings. The number of carbonyl (C=O) groups excluding carboxylic acids is 3. The molecule has 0 unspecified atom stereocenters. The molecule has 0 aromatic heterocycles. The third-order valence-corrected chi connectivity index (χ3v) is 3.81. The van der Waals surface area contributed by atoms with E-state index >= 15 is 0 Å². The number of ketones is 2. The molecule has 0 spiro atoms. The maximum atomic E-state index is 12.8. The number of allylic oxidation sites excluding steroid dienone is 2. The number of halogens is 1. The van der Waals surface area contributed by atoms with Crippen molar-refractivity contribution in [3.8, 4) is 0 Å². The number of carbonyl (C=O) groups is 3. The van der Waals surface area contributed by atoms with Crippen LogP contribution in [0.1, 0.15) is 33.2 Å². The van der Waals surface area contributed by atoms with E-state index in [2.05, 4.69) is 5.32 Å². The van der Waals surface area contributed by atoms with Gasteiger partial charge < -0.3 is 5.32 Å². The first-order valence-corrected chi connectivity index (χ1v) is 7.33. The molecule has 23 heavy (non-hydrogen) atoms. The van der Waals surface area contributed by atoms with Crippen molar-refractivity contribution >= 4 is 34.6 Å². The van der Waals surface area contributed by atoms with Crippen LogP contribution in [0.5, 0.6) is 0 Å². The SMILES string of the molecule is CC(=O)NC1=C(c2ccc(Cl)cc2)C(=O)c2ccccc2C1=O. The van der Waals surface area contributed by atoms with Crippen LogP contribution >= 0.6 is 11.6 Å². The lowest BCUT2D eigenvalue weighted by Gasteiger charge is -2.21. The fourth-order valence-electron chi connectivity index (χ4n) is 2.56. The van der Waals surface area contributed by atoms with E-state index in [1.54, 1.807) is 48.5 Å². The molecule has 0 heterocycles.